The monoisotopic (exact) mass is 262 g/mol. The average molecular weight is 262 g/mol. The Morgan fingerprint density at radius 2 is 2.05 bits per heavy atom. The Morgan fingerprint density at radius 1 is 1.37 bits per heavy atom. The van der Waals surface area contributed by atoms with Crippen LogP contribution < -0.4 is 4.90 Å². The van der Waals surface area contributed by atoms with Crippen LogP contribution in [0.25, 0.3) is 0 Å². The van der Waals surface area contributed by atoms with Gasteiger partial charge in [0.25, 0.3) is 0 Å². The van der Waals surface area contributed by atoms with Gasteiger partial charge in [-0.3, -0.25) is 4.79 Å². The van der Waals surface area contributed by atoms with Gasteiger partial charge >= 0.3 is 0 Å². The number of benzene rings is 1. The highest BCUT2D eigenvalue weighted by atomic mass is 16.3. The van der Waals surface area contributed by atoms with Gasteiger partial charge in [-0.1, -0.05) is 25.1 Å². The van der Waals surface area contributed by atoms with Crippen molar-refractivity contribution in [3.8, 4) is 0 Å². The maximum absolute atomic E-state index is 12.3. The number of anilines is 1. The predicted octanol–water partition coefficient (Wildman–Crippen LogP) is 1.28. The van der Waals surface area contributed by atoms with Crippen LogP contribution in [0.4, 0.5) is 5.69 Å². The van der Waals surface area contributed by atoms with Crippen molar-refractivity contribution in [3.63, 3.8) is 0 Å². The summed E-state index contributed by atoms with van der Waals surface area (Å²) in [7, 11) is 1.80. The number of aliphatic hydroxyl groups is 1. The number of carbonyl (C=O) groups excluding carboxylic acids is 1. The van der Waals surface area contributed by atoms with Crippen molar-refractivity contribution in [1.29, 1.82) is 0 Å². The van der Waals surface area contributed by atoms with Crippen LogP contribution in [0.15, 0.2) is 24.3 Å². The highest BCUT2D eigenvalue weighted by Gasteiger charge is 2.36. The molecule has 2 unspecified atom stereocenters. The number of piperazine rings is 1. The normalized spacial score (nSPS) is 23.9. The third kappa shape index (κ3) is 2.45. The van der Waals surface area contributed by atoms with E-state index < -0.39 is 6.04 Å². The lowest BCUT2D eigenvalue weighted by atomic mass is 10.0. The van der Waals surface area contributed by atoms with E-state index in [-0.39, 0.29) is 18.6 Å². The third-order valence-corrected chi connectivity index (χ3v) is 3.99. The first-order valence-electron chi connectivity index (χ1n) is 6.82. The number of hydrogen-bond donors (Lipinski definition) is 1. The van der Waals surface area contributed by atoms with Crippen molar-refractivity contribution in [2.24, 2.45) is 0 Å². The zero-order valence-electron chi connectivity index (χ0n) is 11.8. The molecule has 2 rings (SSSR count). The van der Waals surface area contributed by atoms with Gasteiger partial charge in [0.05, 0.1) is 6.61 Å². The van der Waals surface area contributed by atoms with Crippen LogP contribution in [0.1, 0.15) is 19.4 Å². The van der Waals surface area contributed by atoms with Crippen molar-refractivity contribution in [2.45, 2.75) is 32.4 Å². The molecule has 1 aliphatic rings. The second kappa shape index (κ2) is 5.61. The molecule has 1 fully saturated rings. The number of hydrogen-bond acceptors (Lipinski definition) is 3. The molecule has 2 atom stereocenters. The highest BCUT2D eigenvalue weighted by Crippen LogP contribution is 2.27. The Bertz CT molecular complexity index is 461. The Balaban J connectivity index is 2.39. The quantitative estimate of drug-likeness (QED) is 0.892. The summed E-state index contributed by atoms with van der Waals surface area (Å²) in [5.74, 6) is -0.00726. The summed E-state index contributed by atoms with van der Waals surface area (Å²) in [6.07, 6.45) is 0.920. The van der Waals surface area contributed by atoms with E-state index in [1.807, 2.05) is 30.0 Å². The summed E-state index contributed by atoms with van der Waals surface area (Å²) < 4.78 is 0. The van der Waals surface area contributed by atoms with Gasteiger partial charge in [0.1, 0.15) is 6.04 Å². The summed E-state index contributed by atoms with van der Waals surface area (Å²) in [6.45, 7) is 4.75. The molecule has 0 aliphatic carbocycles. The molecule has 19 heavy (non-hydrogen) atoms. The minimum atomic E-state index is -0.464. The van der Waals surface area contributed by atoms with Gasteiger partial charge in [0, 0.05) is 25.3 Å². The number of carbonyl (C=O) groups is 1. The van der Waals surface area contributed by atoms with Crippen molar-refractivity contribution < 1.29 is 9.90 Å². The van der Waals surface area contributed by atoms with Gasteiger partial charge in [0.15, 0.2) is 0 Å². The molecular weight excluding hydrogens is 240 g/mol. The van der Waals surface area contributed by atoms with E-state index in [4.69, 9.17) is 0 Å². The third-order valence-electron chi connectivity index (χ3n) is 3.99. The predicted molar refractivity (Wildman–Crippen MR) is 76.3 cm³/mol. The first-order valence-corrected chi connectivity index (χ1v) is 6.82. The number of para-hydroxylation sites is 1. The van der Waals surface area contributed by atoms with Crippen LogP contribution in [-0.4, -0.2) is 48.2 Å². The molecule has 0 spiro atoms. The molecule has 0 aromatic heterocycles. The van der Waals surface area contributed by atoms with Gasteiger partial charge in [-0.2, -0.15) is 0 Å². The fourth-order valence-electron chi connectivity index (χ4n) is 2.65. The maximum atomic E-state index is 12.3. The molecule has 0 bridgehead atoms. The number of nitrogens with zero attached hydrogens (tertiary/aromatic N) is 2. The Labute approximate surface area is 114 Å². The second-order valence-electron chi connectivity index (χ2n) is 5.13. The van der Waals surface area contributed by atoms with Gasteiger partial charge in [-0.15, -0.1) is 0 Å². The maximum Gasteiger partial charge on any atom is 0.247 e. The van der Waals surface area contributed by atoms with Crippen molar-refractivity contribution in [2.75, 3.05) is 25.1 Å². The minimum Gasteiger partial charge on any atom is -0.394 e. The van der Waals surface area contributed by atoms with Gasteiger partial charge in [0.2, 0.25) is 5.91 Å². The molecule has 1 aromatic rings. The van der Waals surface area contributed by atoms with Crippen LogP contribution in [0, 0.1) is 0 Å². The number of likely N-dealkylation sites (N-methyl/N-ethyl adjacent to an activating group) is 1. The van der Waals surface area contributed by atoms with Crippen LogP contribution >= 0.6 is 0 Å². The SMILES string of the molecule is CCc1ccccc1N1CC(C)N(C)C(=O)C1CO. The summed E-state index contributed by atoms with van der Waals surface area (Å²) in [4.78, 5) is 16.0. The molecule has 104 valence electrons. The summed E-state index contributed by atoms with van der Waals surface area (Å²) in [5.41, 5.74) is 2.28. The Hall–Kier alpha value is -1.55. The zero-order valence-corrected chi connectivity index (χ0v) is 11.8. The molecule has 1 amide bonds. The Morgan fingerprint density at radius 3 is 2.68 bits per heavy atom. The van der Waals surface area contributed by atoms with Gasteiger partial charge in [-0.25, -0.2) is 0 Å². The van der Waals surface area contributed by atoms with E-state index in [9.17, 15) is 9.90 Å². The molecule has 0 saturated carbocycles. The van der Waals surface area contributed by atoms with Crippen LogP contribution in [0.2, 0.25) is 0 Å². The lowest BCUT2D eigenvalue weighted by molar-refractivity contribution is -0.136. The van der Waals surface area contributed by atoms with E-state index in [1.54, 1.807) is 11.9 Å². The lowest BCUT2D eigenvalue weighted by Crippen LogP contribution is -2.61. The largest absolute Gasteiger partial charge is 0.394 e. The fourth-order valence-corrected chi connectivity index (χ4v) is 2.65. The molecule has 4 heteroatoms. The lowest BCUT2D eigenvalue weighted by Gasteiger charge is -2.44. The van der Waals surface area contributed by atoms with E-state index in [0.29, 0.717) is 0 Å². The molecule has 1 aliphatic heterocycles. The summed E-state index contributed by atoms with van der Waals surface area (Å²) in [5, 5.41) is 9.57. The molecule has 1 aromatic carbocycles. The van der Waals surface area contributed by atoms with Gasteiger partial charge < -0.3 is 14.9 Å². The second-order valence-corrected chi connectivity index (χ2v) is 5.13. The number of amides is 1. The minimum absolute atomic E-state index is 0.00726. The number of rotatable bonds is 3. The smallest absolute Gasteiger partial charge is 0.247 e. The molecule has 0 radical (unpaired) electrons. The van der Waals surface area contributed by atoms with E-state index in [1.165, 1.54) is 5.56 Å². The summed E-state index contributed by atoms with van der Waals surface area (Å²) >= 11 is 0. The summed E-state index contributed by atoms with van der Waals surface area (Å²) in [6, 6.07) is 7.80. The van der Waals surface area contributed by atoms with E-state index in [2.05, 4.69) is 13.0 Å². The first-order chi connectivity index (χ1) is 9.10. The van der Waals surface area contributed by atoms with Crippen LogP contribution in [0.5, 0.6) is 0 Å². The molecular formula is C15H22N2O2. The van der Waals surface area contributed by atoms with Crippen molar-refractivity contribution in [1.82, 2.24) is 4.90 Å². The molecule has 4 nitrogen and oxygen atoms in total. The van der Waals surface area contributed by atoms with Crippen LogP contribution in [-0.2, 0) is 11.2 Å². The van der Waals surface area contributed by atoms with Crippen molar-refractivity contribution >= 4 is 11.6 Å². The molecule has 1 heterocycles. The molecule has 1 saturated heterocycles. The van der Waals surface area contributed by atoms with Gasteiger partial charge in [-0.05, 0) is 25.0 Å². The molecule has 1 N–H and O–H groups in total. The number of aliphatic hydroxyl groups excluding tert-OH is 1. The van der Waals surface area contributed by atoms with Crippen molar-refractivity contribution in [3.05, 3.63) is 29.8 Å². The zero-order chi connectivity index (χ0) is 14.0. The standard InChI is InChI=1S/C15H22N2O2/c1-4-12-7-5-6-8-13(12)17-9-11(2)16(3)15(19)14(17)10-18/h5-8,11,14,18H,4,9-10H2,1-3H3. The van der Waals surface area contributed by atoms with E-state index >= 15 is 0 Å². The first kappa shape index (κ1) is 13.9. The van der Waals surface area contributed by atoms with E-state index in [0.717, 1.165) is 18.7 Å². The number of aryl methyl sites for hydroxylation is 1. The topological polar surface area (TPSA) is 43.8 Å². The van der Waals surface area contributed by atoms with Crippen LogP contribution in [0.3, 0.4) is 0 Å². The Kier molecular flexibility index (Phi) is 4.10. The average Bonchev–Trinajstić information content (AvgIpc) is 2.44. The highest BCUT2D eigenvalue weighted by molar-refractivity contribution is 5.87. The fraction of sp³-hybridized carbons (Fsp3) is 0.533.